The molecule has 0 unspecified atom stereocenters. The predicted molar refractivity (Wildman–Crippen MR) is 101 cm³/mol. The summed E-state index contributed by atoms with van der Waals surface area (Å²) in [4.78, 5) is 25.5. The van der Waals surface area contributed by atoms with Crippen LogP contribution in [-0.4, -0.2) is 22.4 Å². The smallest absolute Gasteiger partial charge is 0.267 e. The van der Waals surface area contributed by atoms with E-state index in [0.717, 1.165) is 17.2 Å². The number of hydrogen-bond acceptors (Lipinski definition) is 2. The number of hydrazine groups is 1. The topological polar surface area (TPSA) is 49.4 Å². The second-order valence-electron chi connectivity index (χ2n) is 7.25. The molecule has 0 aliphatic carbocycles. The van der Waals surface area contributed by atoms with Crippen LogP contribution in [0.15, 0.2) is 36.4 Å². The van der Waals surface area contributed by atoms with Crippen molar-refractivity contribution < 1.29 is 14.0 Å². The van der Waals surface area contributed by atoms with Gasteiger partial charge < -0.3 is 0 Å². The van der Waals surface area contributed by atoms with Gasteiger partial charge in [-0.15, -0.1) is 0 Å². The van der Waals surface area contributed by atoms with Crippen molar-refractivity contribution in [2.24, 2.45) is 0 Å². The number of nitrogens with zero attached hydrogens (tertiary/aromatic N) is 1. The minimum absolute atomic E-state index is 0.183. The standard InChI is InChI=1S/C20H22ClFN2O2/c1-12-8-13(2)10-14(9-12)19(26)24(20(3,4)5)23-18(25)16-7-6-15(21)11-17(16)22/h6-11H,1-5H3,(H,23,25). The van der Waals surface area contributed by atoms with Crippen LogP contribution in [0.2, 0.25) is 5.02 Å². The molecule has 0 fully saturated rings. The van der Waals surface area contributed by atoms with Crippen LogP contribution in [0.25, 0.3) is 0 Å². The van der Waals surface area contributed by atoms with Crippen LogP contribution in [0.5, 0.6) is 0 Å². The van der Waals surface area contributed by atoms with Crippen LogP contribution in [0.4, 0.5) is 4.39 Å². The highest BCUT2D eigenvalue weighted by atomic mass is 35.5. The molecule has 0 aliphatic rings. The molecule has 0 saturated carbocycles. The summed E-state index contributed by atoms with van der Waals surface area (Å²) in [5.41, 5.74) is 3.97. The van der Waals surface area contributed by atoms with Crippen molar-refractivity contribution >= 4 is 23.4 Å². The van der Waals surface area contributed by atoms with Crippen molar-refractivity contribution in [3.8, 4) is 0 Å². The zero-order valence-corrected chi connectivity index (χ0v) is 16.2. The van der Waals surface area contributed by atoms with Crippen LogP contribution in [0.3, 0.4) is 0 Å². The molecule has 6 heteroatoms. The number of hydrogen-bond donors (Lipinski definition) is 1. The van der Waals surface area contributed by atoms with E-state index in [4.69, 9.17) is 11.6 Å². The number of carbonyl (C=O) groups excluding carboxylic acids is 2. The Hall–Kier alpha value is -2.40. The van der Waals surface area contributed by atoms with Gasteiger partial charge in [-0.25, -0.2) is 9.40 Å². The van der Waals surface area contributed by atoms with Crippen molar-refractivity contribution in [3.63, 3.8) is 0 Å². The second kappa shape index (κ2) is 7.46. The third-order valence-corrected chi connectivity index (χ3v) is 3.97. The van der Waals surface area contributed by atoms with Crippen LogP contribution in [0.1, 0.15) is 52.6 Å². The number of benzene rings is 2. The van der Waals surface area contributed by atoms with Gasteiger partial charge in [0.15, 0.2) is 0 Å². The Morgan fingerprint density at radius 2 is 1.62 bits per heavy atom. The molecule has 2 aromatic carbocycles. The summed E-state index contributed by atoms with van der Waals surface area (Å²) in [6.07, 6.45) is 0. The van der Waals surface area contributed by atoms with Crippen LogP contribution in [0, 0.1) is 19.7 Å². The molecule has 2 aromatic rings. The highest BCUT2D eigenvalue weighted by Gasteiger charge is 2.30. The van der Waals surface area contributed by atoms with Gasteiger partial charge in [0.25, 0.3) is 11.8 Å². The Balaban J connectivity index is 2.36. The number of nitrogens with one attached hydrogen (secondary N) is 1. The molecule has 0 atom stereocenters. The molecule has 0 radical (unpaired) electrons. The van der Waals surface area contributed by atoms with Gasteiger partial charge >= 0.3 is 0 Å². The lowest BCUT2D eigenvalue weighted by molar-refractivity contribution is 0.0357. The van der Waals surface area contributed by atoms with Crippen molar-refractivity contribution in [2.45, 2.75) is 40.2 Å². The minimum Gasteiger partial charge on any atom is -0.267 e. The largest absolute Gasteiger partial charge is 0.272 e. The molecule has 1 N–H and O–H groups in total. The summed E-state index contributed by atoms with van der Waals surface area (Å²) in [7, 11) is 0. The fourth-order valence-electron chi connectivity index (χ4n) is 2.59. The zero-order chi connectivity index (χ0) is 19.6. The zero-order valence-electron chi connectivity index (χ0n) is 15.5. The van der Waals surface area contributed by atoms with Crippen LogP contribution < -0.4 is 5.43 Å². The van der Waals surface area contributed by atoms with E-state index in [9.17, 15) is 14.0 Å². The Labute approximate surface area is 157 Å². The van der Waals surface area contributed by atoms with Crippen molar-refractivity contribution in [1.82, 2.24) is 10.4 Å². The predicted octanol–water partition coefficient (Wildman–Crippen LogP) is 4.68. The molecule has 0 aliphatic heterocycles. The van der Waals surface area contributed by atoms with Gasteiger partial charge in [-0.05, 0) is 65.0 Å². The quantitative estimate of drug-likeness (QED) is 0.773. The average Bonchev–Trinajstić information content (AvgIpc) is 2.49. The maximum atomic E-state index is 14.0. The van der Waals surface area contributed by atoms with Crippen molar-refractivity contribution in [1.29, 1.82) is 0 Å². The summed E-state index contributed by atoms with van der Waals surface area (Å²) in [5, 5.41) is 1.41. The molecule has 2 rings (SSSR count). The van der Waals surface area contributed by atoms with Crippen molar-refractivity contribution in [2.75, 3.05) is 0 Å². The third-order valence-electron chi connectivity index (χ3n) is 3.73. The molecular weight excluding hydrogens is 355 g/mol. The van der Waals surface area contributed by atoms with Gasteiger partial charge in [-0.3, -0.25) is 15.0 Å². The monoisotopic (exact) mass is 376 g/mol. The summed E-state index contributed by atoms with van der Waals surface area (Å²) >= 11 is 5.72. The van der Waals surface area contributed by atoms with Gasteiger partial charge in [-0.1, -0.05) is 28.8 Å². The molecule has 4 nitrogen and oxygen atoms in total. The van der Waals surface area contributed by atoms with Gasteiger partial charge in [0.05, 0.1) is 11.1 Å². The van der Waals surface area contributed by atoms with E-state index in [0.29, 0.717) is 5.56 Å². The average molecular weight is 377 g/mol. The van der Waals surface area contributed by atoms with E-state index in [1.807, 2.05) is 19.9 Å². The molecule has 0 saturated heterocycles. The van der Waals surface area contributed by atoms with E-state index in [1.165, 1.54) is 17.1 Å². The first kappa shape index (κ1) is 19.9. The summed E-state index contributed by atoms with van der Waals surface area (Å²) in [6, 6.07) is 9.23. The molecule has 138 valence electrons. The molecule has 0 spiro atoms. The summed E-state index contributed by atoms with van der Waals surface area (Å²) in [6.45, 7) is 9.14. The summed E-state index contributed by atoms with van der Waals surface area (Å²) < 4.78 is 14.0. The molecule has 2 amide bonds. The maximum absolute atomic E-state index is 14.0. The van der Waals surface area contributed by atoms with Gasteiger partial charge in [0, 0.05) is 10.6 Å². The van der Waals surface area contributed by atoms with E-state index in [2.05, 4.69) is 5.43 Å². The minimum atomic E-state index is -0.747. The van der Waals surface area contributed by atoms with Crippen LogP contribution >= 0.6 is 11.6 Å². The SMILES string of the molecule is Cc1cc(C)cc(C(=O)N(NC(=O)c2ccc(Cl)cc2F)C(C)(C)C)c1. The van der Waals surface area contributed by atoms with Gasteiger partial charge in [-0.2, -0.15) is 0 Å². The van der Waals surface area contributed by atoms with E-state index in [1.54, 1.807) is 32.9 Å². The van der Waals surface area contributed by atoms with Gasteiger partial charge in [0.2, 0.25) is 0 Å². The first-order valence-corrected chi connectivity index (χ1v) is 8.56. The van der Waals surface area contributed by atoms with E-state index in [-0.39, 0.29) is 16.5 Å². The molecule has 0 bridgehead atoms. The van der Waals surface area contributed by atoms with Crippen molar-refractivity contribution in [3.05, 3.63) is 69.5 Å². The molecule has 0 heterocycles. The Kier molecular flexibility index (Phi) is 5.71. The Morgan fingerprint density at radius 3 is 2.12 bits per heavy atom. The number of rotatable bonds is 2. The lowest BCUT2D eigenvalue weighted by Gasteiger charge is -2.35. The Morgan fingerprint density at radius 1 is 1.04 bits per heavy atom. The molecular formula is C20H22ClFN2O2. The first-order chi connectivity index (χ1) is 12.0. The number of amides is 2. The van der Waals surface area contributed by atoms with E-state index >= 15 is 0 Å². The lowest BCUT2D eigenvalue weighted by Crippen LogP contribution is -2.56. The van der Waals surface area contributed by atoms with E-state index < -0.39 is 17.3 Å². The lowest BCUT2D eigenvalue weighted by atomic mass is 10.0. The third kappa shape index (κ3) is 4.61. The second-order valence-corrected chi connectivity index (χ2v) is 7.69. The first-order valence-electron chi connectivity index (χ1n) is 8.18. The fraction of sp³-hybridized carbons (Fsp3) is 0.300. The molecule has 26 heavy (non-hydrogen) atoms. The maximum Gasteiger partial charge on any atom is 0.272 e. The highest BCUT2D eigenvalue weighted by Crippen LogP contribution is 2.19. The number of halogens is 2. The number of aryl methyl sites for hydroxylation is 2. The highest BCUT2D eigenvalue weighted by molar-refractivity contribution is 6.30. The normalized spacial score (nSPS) is 11.2. The van der Waals surface area contributed by atoms with Gasteiger partial charge in [0.1, 0.15) is 5.82 Å². The number of carbonyl (C=O) groups is 2. The fourth-order valence-corrected chi connectivity index (χ4v) is 2.74. The Bertz CT molecular complexity index is 839. The molecule has 0 aromatic heterocycles. The summed E-state index contributed by atoms with van der Waals surface area (Å²) in [5.74, 6) is -1.83. The van der Waals surface area contributed by atoms with Crippen LogP contribution in [-0.2, 0) is 0 Å².